The van der Waals surface area contributed by atoms with Crippen molar-refractivity contribution in [1.82, 2.24) is 5.32 Å². The van der Waals surface area contributed by atoms with Crippen LogP contribution in [0.4, 0.5) is 0 Å². The molecule has 0 aromatic rings. The third kappa shape index (κ3) is 42.7. The summed E-state index contributed by atoms with van der Waals surface area (Å²) >= 11 is 1.96. The molecule has 0 fully saturated rings. The van der Waals surface area contributed by atoms with Crippen LogP contribution in [0, 0.1) is 0 Å². The van der Waals surface area contributed by atoms with Crippen molar-refractivity contribution in [3.63, 3.8) is 0 Å². The van der Waals surface area contributed by atoms with Crippen LogP contribution in [0.1, 0.15) is 48.0 Å². The summed E-state index contributed by atoms with van der Waals surface area (Å²) in [7, 11) is 0. The van der Waals surface area contributed by atoms with E-state index in [0.29, 0.717) is 0 Å². The Labute approximate surface area is 144 Å². The second-order valence-corrected chi connectivity index (χ2v) is 5.70. The molecule has 0 heterocycles. The Kier molecular flexibility index (Phi) is 40.5. The molecule has 0 bridgehead atoms. The van der Waals surface area contributed by atoms with Gasteiger partial charge in [-0.1, -0.05) is 27.7 Å². The van der Waals surface area contributed by atoms with E-state index in [1.165, 1.54) is 11.5 Å². The number of hydrogen-bond donors (Lipinski definition) is 1. The molecule has 0 aliphatic rings. The summed E-state index contributed by atoms with van der Waals surface area (Å²) in [5, 5.41) is 3.18. The predicted octanol–water partition coefficient (Wildman–Crippen LogP) is 3.84. The lowest BCUT2D eigenvalue weighted by Gasteiger charge is -2.01. The third-order valence-electron chi connectivity index (χ3n) is 2.21. The molecule has 0 amide bonds. The first-order chi connectivity index (χ1) is 10.7. The van der Waals surface area contributed by atoms with Gasteiger partial charge in [0.05, 0.1) is 19.8 Å². The zero-order chi connectivity index (χ0) is 17.3. The van der Waals surface area contributed by atoms with Gasteiger partial charge in [0.25, 0.3) is 0 Å². The van der Waals surface area contributed by atoms with E-state index in [9.17, 15) is 0 Å². The van der Waals surface area contributed by atoms with Crippen LogP contribution < -0.4 is 5.32 Å². The lowest BCUT2D eigenvalue weighted by atomic mass is 10.5. The maximum atomic E-state index is 5.22. The quantitative estimate of drug-likeness (QED) is 0.516. The zero-order valence-electron chi connectivity index (χ0n) is 15.9. The van der Waals surface area contributed by atoms with E-state index in [0.717, 1.165) is 59.2 Å². The van der Waals surface area contributed by atoms with Crippen LogP contribution in [0.5, 0.6) is 0 Å². The van der Waals surface area contributed by atoms with Crippen molar-refractivity contribution in [3.8, 4) is 0 Å². The van der Waals surface area contributed by atoms with Crippen LogP contribution in [0.2, 0.25) is 0 Å². The molecule has 4 nitrogen and oxygen atoms in total. The van der Waals surface area contributed by atoms with Crippen molar-refractivity contribution < 1.29 is 14.2 Å². The summed E-state index contributed by atoms with van der Waals surface area (Å²) in [6.45, 7) is 19.3. The Morgan fingerprint density at radius 1 is 0.682 bits per heavy atom. The predicted molar refractivity (Wildman–Crippen MR) is 101 cm³/mol. The molecule has 0 aliphatic heterocycles. The van der Waals surface area contributed by atoms with Crippen LogP contribution in [0.3, 0.4) is 0 Å². The maximum absolute atomic E-state index is 5.22. The average Bonchev–Trinajstić information content (AvgIpc) is 2.54. The number of nitrogens with one attached hydrogen (secondary N) is 1. The van der Waals surface area contributed by atoms with Crippen LogP contribution in [-0.2, 0) is 14.2 Å². The summed E-state index contributed by atoms with van der Waals surface area (Å²) in [5.74, 6) is 2.52. The number of thioether (sulfide) groups is 1. The molecule has 0 aromatic heterocycles. The molecule has 5 heteroatoms. The topological polar surface area (TPSA) is 39.7 Å². The Morgan fingerprint density at radius 2 is 1.23 bits per heavy atom. The minimum absolute atomic E-state index is 0.727. The number of ether oxygens (including phenoxy) is 3. The first-order valence-corrected chi connectivity index (χ1v) is 9.91. The van der Waals surface area contributed by atoms with Gasteiger partial charge >= 0.3 is 0 Å². The normalized spacial score (nSPS) is 9.55. The molecule has 0 atom stereocenters. The minimum atomic E-state index is 0.727. The van der Waals surface area contributed by atoms with E-state index < -0.39 is 0 Å². The highest BCUT2D eigenvalue weighted by Crippen LogP contribution is 1.93. The molecule has 1 N–H and O–H groups in total. The summed E-state index contributed by atoms with van der Waals surface area (Å²) < 4.78 is 15.2. The molecule has 0 saturated carbocycles. The maximum Gasteiger partial charge on any atom is 0.0700 e. The SMILES string of the molecule is CCCOCCNCC.CCOCCOCC.CCSCC. The van der Waals surface area contributed by atoms with Crippen molar-refractivity contribution in [2.24, 2.45) is 0 Å². The van der Waals surface area contributed by atoms with Gasteiger partial charge in [0.15, 0.2) is 0 Å². The smallest absolute Gasteiger partial charge is 0.0700 e. The van der Waals surface area contributed by atoms with Crippen LogP contribution in [0.15, 0.2) is 0 Å². The van der Waals surface area contributed by atoms with E-state index in [1.807, 2.05) is 25.6 Å². The summed E-state index contributed by atoms with van der Waals surface area (Å²) in [6, 6.07) is 0. The van der Waals surface area contributed by atoms with Crippen molar-refractivity contribution in [2.75, 3.05) is 64.2 Å². The van der Waals surface area contributed by atoms with Gasteiger partial charge in [-0.15, -0.1) is 0 Å². The fourth-order valence-corrected chi connectivity index (χ4v) is 1.59. The average molecular weight is 340 g/mol. The van der Waals surface area contributed by atoms with Gasteiger partial charge in [-0.3, -0.25) is 0 Å². The highest BCUT2D eigenvalue weighted by Gasteiger charge is 1.83. The molecular weight excluding hydrogens is 298 g/mol. The Hall–Kier alpha value is 0.190. The number of hydrogen-bond acceptors (Lipinski definition) is 5. The largest absolute Gasteiger partial charge is 0.380 e. The fourth-order valence-electron chi connectivity index (χ4n) is 1.18. The molecule has 0 aliphatic carbocycles. The van der Waals surface area contributed by atoms with Gasteiger partial charge in [0, 0.05) is 26.4 Å². The molecule has 0 unspecified atom stereocenters. The Balaban J connectivity index is -0.000000257. The zero-order valence-corrected chi connectivity index (χ0v) is 16.7. The van der Waals surface area contributed by atoms with Crippen LogP contribution in [-0.4, -0.2) is 64.2 Å². The van der Waals surface area contributed by atoms with Gasteiger partial charge in [-0.05, 0) is 38.3 Å². The number of rotatable bonds is 13. The van der Waals surface area contributed by atoms with E-state index in [1.54, 1.807) is 0 Å². The molecule has 138 valence electrons. The van der Waals surface area contributed by atoms with Gasteiger partial charge in [-0.2, -0.15) is 11.8 Å². The molecule has 0 radical (unpaired) electrons. The summed E-state index contributed by atoms with van der Waals surface area (Å²) in [5.41, 5.74) is 0. The third-order valence-corrected chi connectivity index (χ3v) is 3.03. The number of likely N-dealkylation sites (N-methyl/N-ethyl adjacent to an activating group) is 1. The van der Waals surface area contributed by atoms with E-state index >= 15 is 0 Å². The van der Waals surface area contributed by atoms with Crippen LogP contribution in [0.25, 0.3) is 0 Å². The highest BCUT2D eigenvalue weighted by molar-refractivity contribution is 7.99. The Bertz CT molecular complexity index is 138. The summed E-state index contributed by atoms with van der Waals surface area (Å²) in [4.78, 5) is 0. The molecule has 0 spiro atoms. The van der Waals surface area contributed by atoms with E-state index in [-0.39, 0.29) is 0 Å². The van der Waals surface area contributed by atoms with E-state index in [4.69, 9.17) is 14.2 Å². The van der Waals surface area contributed by atoms with E-state index in [2.05, 4.69) is 33.0 Å². The van der Waals surface area contributed by atoms with Gasteiger partial charge in [0.2, 0.25) is 0 Å². The molecule has 0 rings (SSSR count). The summed E-state index contributed by atoms with van der Waals surface area (Å²) in [6.07, 6.45) is 1.12. The second-order valence-electron chi connectivity index (χ2n) is 4.14. The van der Waals surface area contributed by atoms with Crippen molar-refractivity contribution in [2.45, 2.75) is 48.0 Å². The van der Waals surface area contributed by atoms with Gasteiger partial charge < -0.3 is 19.5 Å². The van der Waals surface area contributed by atoms with Crippen LogP contribution >= 0.6 is 11.8 Å². The molecule has 0 aromatic carbocycles. The van der Waals surface area contributed by atoms with Gasteiger partial charge in [-0.25, -0.2) is 0 Å². The first kappa shape index (κ1) is 27.1. The van der Waals surface area contributed by atoms with Gasteiger partial charge in [0.1, 0.15) is 0 Å². The fraction of sp³-hybridized carbons (Fsp3) is 1.00. The molecule has 22 heavy (non-hydrogen) atoms. The standard InChI is InChI=1S/C7H17NO.C6H14O2.C4H10S/c1-3-6-9-7-5-8-4-2;1-3-7-5-6-8-4-2;1-3-5-4-2/h8H,3-7H2,1-2H3;3-6H2,1-2H3;3-4H2,1-2H3. The van der Waals surface area contributed by atoms with Crippen molar-refractivity contribution in [3.05, 3.63) is 0 Å². The minimum Gasteiger partial charge on any atom is -0.380 e. The molecular formula is C17H41NO3S. The second kappa shape index (κ2) is 33.0. The highest BCUT2D eigenvalue weighted by atomic mass is 32.2. The monoisotopic (exact) mass is 339 g/mol. The van der Waals surface area contributed by atoms with Crippen molar-refractivity contribution in [1.29, 1.82) is 0 Å². The lowest BCUT2D eigenvalue weighted by Crippen LogP contribution is -2.18. The Morgan fingerprint density at radius 3 is 1.55 bits per heavy atom. The lowest BCUT2D eigenvalue weighted by molar-refractivity contribution is 0.0584. The first-order valence-electron chi connectivity index (χ1n) is 8.76. The van der Waals surface area contributed by atoms with Crippen molar-refractivity contribution >= 4 is 11.8 Å². The molecule has 0 saturated heterocycles.